The molecule has 4 bridgehead atoms. The smallest absolute Gasteiger partial charge is 0.333 e. The molecule has 4 aliphatic carbocycles. The van der Waals surface area contributed by atoms with Gasteiger partial charge in [0.15, 0.2) is 6.10 Å². The van der Waals surface area contributed by atoms with Crippen molar-refractivity contribution in [1.29, 1.82) is 0 Å². The van der Waals surface area contributed by atoms with Crippen molar-refractivity contribution in [2.75, 3.05) is 0 Å². The van der Waals surface area contributed by atoms with Gasteiger partial charge in [0.05, 0.1) is 5.60 Å². The molecule has 0 aliphatic heterocycles. The summed E-state index contributed by atoms with van der Waals surface area (Å²) < 4.78 is 6.17. The molecule has 0 saturated heterocycles. The van der Waals surface area contributed by atoms with Crippen LogP contribution in [0.4, 0.5) is 0 Å². The predicted octanol–water partition coefficient (Wildman–Crippen LogP) is 3.08. The van der Waals surface area contributed by atoms with Gasteiger partial charge in [-0.25, -0.2) is 4.79 Å². The molecule has 1 N–H and O–H groups in total. The minimum absolute atomic E-state index is 0.0514. The van der Waals surface area contributed by atoms with Crippen molar-refractivity contribution in [2.24, 2.45) is 23.7 Å². The minimum atomic E-state index is -0.791. The van der Waals surface area contributed by atoms with Gasteiger partial charge in [0.1, 0.15) is 0 Å². The molecule has 0 spiro atoms. The fourth-order valence-electron chi connectivity index (χ4n) is 4.92. The second-order valence-electron chi connectivity index (χ2n) is 7.22. The first-order chi connectivity index (χ1) is 8.47. The van der Waals surface area contributed by atoms with Crippen LogP contribution < -0.4 is 0 Å². The normalized spacial score (nSPS) is 43.4. The zero-order valence-corrected chi connectivity index (χ0v) is 11.4. The highest BCUT2D eigenvalue weighted by Crippen LogP contribution is 2.57. The maximum absolute atomic E-state index is 11.3. The van der Waals surface area contributed by atoms with Gasteiger partial charge in [-0.15, -0.1) is 0 Å². The zero-order chi connectivity index (χ0) is 12.9. The summed E-state index contributed by atoms with van der Waals surface area (Å²) in [5, 5.41) is 9.32. The number of carboxylic acids is 1. The van der Waals surface area contributed by atoms with Crippen molar-refractivity contribution in [3.05, 3.63) is 0 Å². The number of aliphatic carboxylic acids is 1. The van der Waals surface area contributed by atoms with Crippen molar-refractivity contribution in [3.8, 4) is 0 Å². The highest BCUT2D eigenvalue weighted by atomic mass is 16.5. The summed E-state index contributed by atoms with van der Waals surface area (Å²) in [5.41, 5.74) is -0.0952. The average Bonchev–Trinajstić information content (AvgIpc) is 2.23. The lowest BCUT2D eigenvalue weighted by Gasteiger charge is -2.57. The number of carbonyl (C=O) groups is 1. The quantitative estimate of drug-likeness (QED) is 0.836. The lowest BCUT2D eigenvalue weighted by Crippen LogP contribution is -2.54. The lowest BCUT2D eigenvalue weighted by molar-refractivity contribution is -0.207. The van der Waals surface area contributed by atoms with E-state index in [0.717, 1.165) is 37.0 Å². The van der Waals surface area contributed by atoms with Crippen LogP contribution in [0.25, 0.3) is 0 Å². The third-order valence-corrected chi connectivity index (χ3v) is 5.21. The first-order valence-corrected chi connectivity index (χ1v) is 7.38. The molecule has 1 atom stereocenters. The van der Waals surface area contributed by atoms with Gasteiger partial charge >= 0.3 is 5.97 Å². The molecule has 102 valence electrons. The number of rotatable bonds is 4. The Labute approximate surface area is 109 Å². The molecule has 0 amide bonds. The monoisotopic (exact) mass is 252 g/mol. The molecule has 3 heteroatoms. The van der Waals surface area contributed by atoms with Crippen LogP contribution in [-0.2, 0) is 9.53 Å². The maximum atomic E-state index is 11.3. The fourth-order valence-corrected chi connectivity index (χ4v) is 4.92. The number of carboxylic acid groups (broad SMARTS) is 1. The van der Waals surface area contributed by atoms with Gasteiger partial charge in [-0.3, -0.25) is 0 Å². The molecule has 3 nitrogen and oxygen atoms in total. The number of hydrogen-bond acceptors (Lipinski definition) is 2. The van der Waals surface area contributed by atoms with Gasteiger partial charge in [-0.05, 0) is 62.2 Å². The number of ether oxygens (including phenoxy) is 1. The lowest BCUT2D eigenvalue weighted by atomic mass is 9.54. The second kappa shape index (κ2) is 4.22. The van der Waals surface area contributed by atoms with Crippen molar-refractivity contribution in [1.82, 2.24) is 0 Å². The standard InChI is InChI=1S/C15H24O3/c1-9(2)13(14(16)17)18-15-6-10-3-11(7-15)5-12(4-10)8-15/h9-13H,3-8H2,1-2H3,(H,16,17). The van der Waals surface area contributed by atoms with E-state index in [9.17, 15) is 9.90 Å². The summed E-state index contributed by atoms with van der Waals surface area (Å²) in [6.45, 7) is 3.89. The van der Waals surface area contributed by atoms with Gasteiger partial charge in [-0.1, -0.05) is 13.8 Å². The Kier molecular flexibility index (Phi) is 2.92. The molecule has 4 aliphatic rings. The van der Waals surface area contributed by atoms with Crippen molar-refractivity contribution in [3.63, 3.8) is 0 Å². The third-order valence-electron chi connectivity index (χ3n) is 5.21. The summed E-state index contributed by atoms with van der Waals surface area (Å²) in [4.78, 5) is 11.3. The molecule has 4 saturated carbocycles. The van der Waals surface area contributed by atoms with Gasteiger partial charge in [0.2, 0.25) is 0 Å². The van der Waals surface area contributed by atoms with Gasteiger partial charge in [0.25, 0.3) is 0 Å². The summed E-state index contributed by atoms with van der Waals surface area (Å²) in [6.07, 6.45) is 6.79. The van der Waals surface area contributed by atoms with E-state index >= 15 is 0 Å². The molecular weight excluding hydrogens is 228 g/mol. The Hall–Kier alpha value is -0.570. The van der Waals surface area contributed by atoms with Crippen molar-refractivity contribution >= 4 is 5.97 Å². The van der Waals surface area contributed by atoms with E-state index in [1.54, 1.807) is 0 Å². The van der Waals surface area contributed by atoms with E-state index < -0.39 is 12.1 Å². The molecule has 18 heavy (non-hydrogen) atoms. The summed E-state index contributed by atoms with van der Waals surface area (Å²) >= 11 is 0. The van der Waals surface area contributed by atoms with E-state index in [1.165, 1.54) is 19.3 Å². The molecular formula is C15H24O3. The first-order valence-electron chi connectivity index (χ1n) is 7.38. The topological polar surface area (TPSA) is 46.5 Å². The molecule has 0 aromatic heterocycles. The molecule has 4 fully saturated rings. The van der Waals surface area contributed by atoms with E-state index in [1.807, 2.05) is 13.8 Å². The van der Waals surface area contributed by atoms with Crippen LogP contribution in [0, 0.1) is 23.7 Å². The van der Waals surface area contributed by atoms with Gasteiger partial charge in [0, 0.05) is 0 Å². The Balaban J connectivity index is 1.77. The highest BCUT2D eigenvalue weighted by Gasteiger charge is 2.53. The zero-order valence-electron chi connectivity index (χ0n) is 11.4. The van der Waals surface area contributed by atoms with Crippen LogP contribution in [0.5, 0.6) is 0 Å². The predicted molar refractivity (Wildman–Crippen MR) is 68.2 cm³/mol. The Morgan fingerprint density at radius 3 is 1.89 bits per heavy atom. The van der Waals surface area contributed by atoms with E-state index in [-0.39, 0.29) is 11.5 Å². The van der Waals surface area contributed by atoms with Crippen molar-refractivity contribution < 1.29 is 14.6 Å². The second-order valence-corrected chi connectivity index (χ2v) is 7.22. The van der Waals surface area contributed by atoms with Gasteiger partial charge < -0.3 is 9.84 Å². The summed E-state index contributed by atoms with van der Waals surface area (Å²) in [6, 6.07) is 0. The molecule has 0 aromatic carbocycles. The Bertz CT molecular complexity index is 312. The Morgan fingerprint density at radius 2 is 1.56 bits per heavy atom. The third kappa shape index (κ3) is 2.07. The first kappa shape index (κ1) is 12.5. The van der Waals surface area contributed by atoms with E-state index in [2.05, 4.69) is 0 Å². The maximum Gasteiger partial charge on any atom is 0.333 e. The average molecular weight is 252 g/mol. The van der Waals surface area contributed by atoms with Crippen molar-refractivity contribution in [2.45, 2.75) is 64.1 Å². The number of hydrogen-bond donors (Lipinski definition) is 1. The largest absolute Gasteiger partial charge is 0.479 e. The van der Waals surface area contributed by atoms with E-state index in [4.69, 9.17) is 4.74 Å². The van der Waals surface area contributed by atoms with Crippen LogP contribution in [0.1, 0.15) is 52.4 Å². The summed E-state index contributed by atoms with van der Waals surface area (Å²) in [5.74, 6) is 1.67. The highest BCUT2D eigenvalue weighted by molar-refractivity contribution is 5.72. The SMILES string of the molecule is CC(C)C(OC12CC3CC(CC(C3)C1)C2)C(=O)O. The van der Waals surface area contributed by atoms with Gasteiger partial charge in [-0.2, -0.15) is 0 Å². The molecule has 1 unspecified atom stereocenters. The van der Waals surface area contributed by atoms with Crippen LogP contribution >= 0.6 is 0 Å². The summed E-state index contributed by atoms with van der Waals surface area (Å²) in [7, 11) is 0. The van der Waals surface area contributed by atoms with Crippen LogP contribution in [0.2, 0.25) is 0 Å². The van der Waals surface area contributed by atoms with Crippen LogP contribution in [-0.4, -0.2) is 22.8 Å². The molecule has 0 radical (unpaired) electrons. The molecule has 4 rings (SSSR count). The van der Waals surface area contributed by atoms with Crippen LogP contribution in [0.3, 0.4) is 0 Å². The Morgan fingerprint density at radius 1 is 1.11 bits per heavy atom. The minimum Gasteiger partial charge on any atom is -0.479 e. The van der Waals surface area contributed by atoms with E-state index in [0.29, 0.717) is 0 Å². The molecule has 0 heterocycles. The fraction of sp³-hybridized carbons (Fsp3) is 0.933. The molecule has 0 aromatic rings. The van der Waals surface area contributed by atoms with Crippen LogP contribution in [0.15, 0.2) is 0 Å².